The molecule has 1 fully saturated rings. The van der Waals surface area contributed by atoms with Gasteiger partial charge in [0.1, 0.15) is 11.3 Å². The van der Waals surface area contributed by atoms with Crippen LogP contribution in [0.2, 0.25) is 0 Å². The molecular formula is C20H20F3N3OS. The van der Waals surface area contributed by atoms with Crippen molar-refractivity contribution in [2.45, 2.75) is 13.1 Å². The fraction of sp³-hybridized carbons (Fsp3) is 0.350. The van der Waals surface area contributed by atoms with Gasteiger partial charge >= 0.3 is 6.18 Å². The van der Waals surface area contributed by atoms with Crippen molar-refractivity contribution in [3.63, 3.8) is 0 Å². The number of halogens is 3. The number of hydrogen-bond acceptors (Lipinski definition) is 5. The Morgan fingerprint density at radius 3 is 2.43 bits per heavy atom. The van der Waals surface area contributed by atoms with E-state index in [4.69, 9.17) is 9.72 Å². The van der Waals surface area contributed by atoms with Crippen LogP contribution in [0.3, 0.4) is 0 Å². The number of rotatable bonds is 3. The molecule has 1 aromatic heterocycles. The molecule has 1 aliphatic heterocycles. The van der Waals surface area contributed by atoms with Gasteiger partial charge in [-0.3, -0.25) is 0 Å². The molecule has 4 nitrogen and oxygen atoms in total. The maximum absolute atomic E-state index is 13.0. The number of alkyl halides is 3. The van der Waals surface area contributed by atoms with E-state index in [0.717, 1.165) is 32.7 Å². The van der Waals surface area contributed by atoms with Gasteiger partial charge in [0.05, 0.1) is 17.4 Å². The van der Waals surface area contributed by atoms with Crippen molar-refractivity contribution >= 4 is 32.4 Å². The Hall–Kier alpha value is -2.48. The fourth-order valence-corrected chi connectivity index (χ4v) is 4.54. The molecule has 3 aromatic rings. The number of thiazole rings is 1. The molecule has 2 heterocycles. The second kappa shape index (κ2) is 7.16. The molecule has 28 heavy (non-hydrogen) atoms. The maximum atomic E-state index is 13.0. The van der Waals surface area contributed by atoms with Gasteiger partial charge in [0.25, 0.3) is 0 Å². The first-order valence-electron chi connectivity index (χ1n) is 8.98. The van der Waals surface area contributed by atoms with Gasteiger partial charge in [0.2, 0.25) is 0 Å². The van der Waals surface area contributed by atoms with E-state index in [9.17, 15) is 13.2 Å². The second-order valence-electron chi connectivity index (χ2n) is 6.78. The third kappa shape index (κ3) is 3.48. The molecule has 0 radical (unpaired) electrons. The van der Waals surface area contributed by atoms with Crippen LogP contribution in [-0.2, 0) is 6.18 Å². The lowest BCUT2D eigenvalue weighted by Gasteiger charge is -2.36. The van der Waals surface area contributed by atoms with E-state index >= 15 is 0 Å². The molecule has 2 aromatic carbocycles. The first kappa shape index (κ1) is 18.9. The maximum Gasteiger partial charge on any atom is 0.416 e. The Labute approximate surface area is 165 Å². The predicted molar refractivity (Wildman–Crippen MR) is 107 cm³/mol. The van der Waals surface area contributed by atoms with E-state index in [1.54, 1.807) is 24.5 Å². The summed E-state index contributed by atoms with van der Waals surface area (Å²) in [5.41, 5.74) is 2.02. The van der Waals surface area contributed by atoms with Gasteiger partial charge in [0, 0.05) is 31.9 Å². The molecule has 0 N–H and O–H groups in total. The number of ether oxygens (including phenoxy) is 1. The van der Waals surface area contributed by atoms with Gasteiger partial charge in [-0.1, -0.05) is 23.5 Å². The molecule has 1 saturated heterocycles. The number of aryl methyl sites for hydroxylation is 1. The highest BCUT2D eigenvalue weighted by Crippen LogP contribution is 2.37. The van der Waals surface area contributed by atoms with E-state index in [0.29, 0.717) is 31.9 Å². The predicted octanol–water partition coefficient (Wildman–Crippen LogP) is 4.96. The van der Waals surface area contributed by atoms with Crippen LogP contribution >= 0.6 is 11.3 Å². The Morgan fingerprint density at radius 1 is 1.04 bits per heavy atom. The molecule has 0 amide bonds. The number of nitrogens with zero attached hydrogens (tertiary/aromatic N) is 3. The van der Waals surface area contributed by atoms with Crippen molar-refractivity contribution in [1.82, 2.24) is 4.98 Å². The number of aromatic nitrogens is 1. The van der Waals surface area contributed by atoms with Crippen LogP contribution in [0.25, 0.3) is 10.2 Å². The molecule has 1 aliphatic rings. The summed E-state index contributed by atoms with van der Waals surface area (Å²) in [4.78, 5) is 8.94. The summed E-state index contributed by atoms with van der Waals surface area (Å²) in [6, 6.07) is 9.48. The number of methoxy groups -OCH3 is 1. The minimum atomic E-state index is -4.32. The number of anilines is 2. The van der Waals surface area contributed by atoms with Gasteiger partial charge in [-0.2, -0.15) is 13.2 Å². The zero-order valence-electron chi connectivity index (χ0n) is 15.6. The first-order chi connectivity index (χ1) is 13.4. The summed E-state index contributed by atoms with van der Waals surface area (Å²) in [6.07, 6.45) is -4.32. The van der Waals surface area contributed by atoms with Crippen molar-refractivity contribution in [2.75, 3.05) is 43.1 Å². The number of hydrogen-bond donors (Lipinski definition) is 0. The smallest absolute Gasteiger partial charge is 0.416 e. The summed E-state index contributed by atoms with van der Waals surface area (Å²) in [6.45, 7) is 4.75. The average Bonchev–Trinajstić information content (AvgIpc) is 3.14. The Kier molecular flexibility index (Phi) is 4.82. The van der Waals surface area contributed by atoms with Gasteiger partial charge in [-0.15, -0.1) is 0 Å². The molecule has 148 valence electrons. The highest BCUT2D eigenvalue weighted by atomic mass is 32.1. The van der Waals surface area contributed by atoms with E-state index in [-0.39, 0.29) is 0 Å². The SMILES string of the molecule is COc1ccc(C)c2sc(N3CCN(c4cccc(C(F)(F)F)c4)CC3)nc12. The molecule has 0 saturated carbocycles. The van der Waals surface area contributed by atoms with E-state index < -0.39 is 11.7 Å². The number of fused-ring (bicyclic) bond motifs is 1. The third-order valence-corrected chi connectivity index (χ3v) is 6.25. The van der Waals surface area contributed by atoms with Crippen molar-refractivity contribution in [2.24, 2.45) is 0 Å². The fourth-order valence-electron chi connectivity index (χ4n) is 3.43. The summed E-state index contributed by atoms with van der Waals surface area (Å²) >= 11 is 1.63. The lowest BCUT2D eigenvalue weighted by atomic mass is 10.1. The molecule has 4 rings (SSSR count). The van der Waals surface area contributed by atoms with Crippen LogP contribution in [0.15, 0.2) is 36.4 Å². The van der Waals surface area contributed by atoms with E-state index in [1.807, 2.05) is 17.0 Å². The van der Waals surface area contributed by atoms with Crippen molar-refractivity contribution in [3.05, 3.63) is 47.5 Å². The molecule has 0 unspecified atom stereocenters. The molecular weight excluding hydrogens is 387 g/mol. The van der Waals surface area contributed by atoms with Crippen LogP contribution in [0, 0.1) is 6.92 Å². The Morgan fingerprint density at radius 2 is 1.75 bits per heavy atom. The highest BCUT2D eigenvalue weighted by Gasteiger charge is 2.31. The van der Waals surface area contributed by atoms with Gasteiger partial charge < -0.3 is 14.5 Å². The summed E-state index contributed by atoms with van der Waals surface area (Å²) in [5.74, 6) is 0.755. The lowest BCUT2D eigenvalue weighted by molar-refractivity contribution is -0.137. The summed E-state index contributed by atoms with van der Waals surface area (Å²) < 4.78 is 45.4. The Bertz CT molecular complexity index is 994. The van der Waals surface area contributed by atoms with Gasteiger partial charge in [0.15, 0.2) is 5.13 Å². The largest absolute Gasteiger partial charge is 0.494 e. The zero-order valence-corrected chi connectivity index (χ0v) is 16.4. The summed E-state index contributed by atoms with van der Waals surface area (Å²) in [5, 5.41) is 0.922. The Balaban J connectivity index is 1.52. The topological polar surface area (TPSA) is 28.6 Å². The van der Waals surface area contributed by atoms with Crippen LogP contribution in [0.4, 0.5) is 24.0 Å². The molecule has 0 aliphatic carbocycles. The lowest BCUT2D eigenvalue weighted by Crippen LogP contribution is -2.46. The normalized spacial score (nSPS) is 15.3. The van der Waals surface area contributed by atoms with Crippen LogP contribution < -0.4 is 14.5 Å². The van der Waals surface area contributed by atoms with Crippen molar-refractivity contribution in [3.8, 4) is 5.75 Å². The van der Waals surface area contributed by atoms with Crippen molar-refractivity contribution < 1.29 is 17.9 Å². The molecule has 0 atom stereocenters. The zero-order chi connectivity index (χ0) is 19.9. The van der Waals surface area contributed by atoms with Crippen LogP contribution in [0.1, 0.15) is 11.1 Å². The number of benzene rings is 2. The second-order valence-corrected chi connectivity index (χ2v) is 7.76. The molecule has 8 heteroatoms. The first-order valence-corrected chi connectivity index (χ1v) is 9.80. The quantitative estimate of drug-likeness (QED) is 0.614. The minimum Gasteiger partial charge on any atom is -0.494 e. The molecule has 0 spiro atoms. The highest BCUT2D eigenvalue weighted by molar-refractivity contribution is 7.22. The van der Waals surface area contributed by atoms with Crippen LogP contribution in [0.5, 0.6) is 5.75 Å². The van der Waals surface area contributed by atoms with Gasteiger partial charge in [-0.05, 0) is 36.8 Å². The monoisotopic (exact) mass is 407 g/mol. The van der Waals surface area contributed by atoms with E-state index in [2.05, 4.69) is 11.8 Å². The standard InChI is InChI=1S/C20H20F3N3OS/c1-13-6-7-16(27-2)17-18(13)28-19(24-17)26-10-8-25(9-11-26)15-5-3-4-14(12-15)20(21,22)23/h3-7,12H,8-11H2,1-2H3. The van der Waals surface area contributed by atoms with Crippen molar-refractivity contribution in [1.29, 1.82) is 0 Å². The summed E-state index contributed by atoms with van der Waals surface area (Å²) in [7, 11) is 1.64. The molecule has 0 bridgehead atoms. The average molecular weight is 407 g/mol. The minimum absolute atomic E-state index is 0.608. The van der Waals surface area contributed by atoms with Crippen LogP contribution in [-0.4, -0.2) is 38.3 Å². The van der Waals surface area contributed by atoms with E-state index in [1.165, 1.54) is 12.1 Å². The number of piperazine rings is 1. The third-order valence-electron chi connectivity index (χ3n) is 5.00. The van der Waals surface area contributed by atoms with Gasteiger partial charge in [-0.25, -0.2) is 4.98 Å².